The lowest BCUT2D eigenvalue weighted by molar-refractivity contribution is 0.278. The van der Waals surface area contributed by atoms with E-state index in [0.29, 0.717) is 0 Å². The molecule has 1 heterocycles. The quantitative estimate of drug-likeness (QED) is 0.673. The molecule has 1 aliphatic carbocycles. The van der Waals surface area contributed by atoms with Crippen LogP contribution in [0.1, 0.15) is 50.3 Å². The minimum Gasteiger partial charge on any atom is -0.309 e. The molecule has 4 heteroatoms. The fraction of sp³-hybridized carbons (Fsp3) is 0.714. The molecule has 0 saturated heterocycles. The summed E-state index contributed by atoms with van der Waals surface area (Å²) in [6.07, 6.45) is 8.33. The molecule has 1 fully saturated rings. The first-order valence-electron chi connectivity index (χ1n) is 6.86. The van der Waals surface area contributed by atoms with Crippen molar-refractivity contribution in [1.82, 2.24) is 5.32 Å². The van der Waals surface area contributed by atoms with Crippen LogP contribution in [0.25, 0.3) is 0 Å². The van der Waals surface area contributed by atoms with E-state index in [2.05, 4.69) is 50.2 Å². The van der Waals surface area contributed by atoms with Crippen molar-refractivity contribution < 1.29 is 0 Å². The number of thiophene rings is 1. The van der Waals surface area contributed by atoms with E-state index in [0.717, 1.165) is 18.5 Å². The highest BCUT2D eigenvalue weighted by Crippen LogP contribution is 2.33. The molecule has 0 radical (unpaired) electrons. The molecule has 1 N–H and O–H groups in total. The van der Waals surface area contributed by atoms with E-state index in [1.807, 2.05) is 11.3 Å². The van der Waals surface area contributed by atoms with Gasteiger partial charge in [-0.2, -0.15) is 0 Å². The van der Waals surface area contributed by atoms with Gasteiger partial charge >= 0.3 is 0 Å². The third-order valence-electron chi connectivity index (χ3n) is 3.80. The SMILES string of the molecule is CCCC1CCC(NCc2cc(Br)c(Br)s2)CC1. The van der Waals surface area contributed by atoms with Gasteiger partial charge in [0.15, 0.2) is 0 Å². The van der Waals surface area contributed by atoms with E-state index in [1.54, 1.807) is 0 Å². The minimum atomic E-state index is 0.734. The molecule has 1 saturated carbocycles. The van der Waals surface area contributed by atoms with Crippen molar-refractivity contribution in [2.24, 2.45) is 5.92 Å². The van der Waals surface area contributed by atoms with Crippen molar-refractivity contribution in [3.63, 3.8) is 0 Å². The standard InChI is InChI=1S/C14H21Br2NS/c1-2-3-10-4-6-11(7-5-10)17-9-12-8-13(15)14(16)18-12/h8,10-11,17H,2-7,9H2,1H3. The van der Waals surface area contributed by atoms with Gasteiger partial charge in [0.1, 0.15) is 0 Å². The van der Waals surface area contributed by atoms with Gasteiger partial charge in [-0.1, -0.05) is 19.8 Å². The van der Waals surface area contributed by atoms with Crippen LogP contribution < -0.4 is 5.32 Å². The molecule has 102 valence electrons. The lowest BCUT2D eigenvalue weighted by Crippen LogP contribution is -2.32. The molecule has 1 aliphatic rings. The first-order chi connectivity index (χ1) is 8.69. The first-order valence-corrected chi connectivity index (χ1v) is 9.26. The van der Waals surface area contributed by atoms with Crippen LogP contribution in [0.4, 0.5) is 0 Å². The van der Waals surface area contributed by atoms with Crippen LogP contribution in [0.2, 0.25) is 0 Å². The van der Waals surface area contributed by atoms with Crippen molar-refractivity contribution in [3.8, 4) is 0 Å². The predicted octanol–water partition coefficient (Wildman–Crippen LogP) is 5.72. The maximum atomic E-state index is 3.71. The number of hydrogen-bond acceptors (Lipinski definition) is 2. The Balaban J connectivity index is 1.72. The molecular formula is C14H21Br2NS. The molecule has 0 aromatic carbocycles. The van der Waals surface area contributed by atoms with Crippen LogP contribution in [0.3, 0.4) is 0 Å². The maximum Gasteiger partial charge on any atom is 0.0843 e. The summed E-state index contributed by atoms with van der Waals surface area (Å²) in [7, 11) is 0. The molecule has 1 nitrogen and oxygen atoms in total. The molecule has 0 aliphatic heterocycles. The zero-order chi connectivity index (χ0) is 13.0. The van der Waals surface area contributed by atoms with Crippen molar-refractivity contribution in [2.45, 2.75) is 58.0 Å². The zero-order valence-electron chi connectivity index (χ0n) is 10.8. The highest BCUT2D eigenvalue weighted by molar-refractivity contribution is 9.13. The number of rotatable bonds is 5. The molecule has 0 unspecified atom stereocenters. The van der Waals surface area contributed by atoms with Gasteiger partial charge in [0.2, 0.25) is 0 Å². The van der Waals surface area contributed by atoms with E-state index in [9.17, 15) is 0 Å². The Morgan fingerprint density at radius 2 is 2.00 bits per heavy atom. The fourth-order valence-corrected chi connectivity index (χ4v) is 4.91. The number of halogens is 2. The molecule has 1 aromatic rings. The van der Waals surface area contributed by atoms with E-state index in [-0.39, 0.29) is 0 Å². The molecule has 0 amide bonds. The summed E-state index contributed by atoms with van der Waals surface area (Å²) in [6.45, 7) is 3.31. The number of hydrogen-bond donors (Lipinski definition) is 1. The normalized spacial score (nSPS) is 24.4. The van der Waals surface area contributed by atoms with Gasteiger partial charge in [-0.05, 0) is 69.5 Å². The summed E-state index contributed by atoms with van der Waals surface area (Å²) in [6, 6.07) is 2.95. The first kappa shape index (κ1) is 15.0. The molecule has 0 atom stereocenters. The molecule has 2 rings (SSSR count). The van der Waals surface area contributed by atoms with E-state index < -0.39 is 0 Å². The second kappa shape index (κ2) is 7.41. The predicted molar refractivity (Wildman–Crippen MR) is 87.2 cm³/mol. The Morgan fingerprint density at radius 3 is 2.56 bits per heavy atom. The molecule has 18 heavy (non-hydrogen) atoms. The van der Waals surface area contributed by atoms with Crippen LogP contribution in [0, 0.1) is 5.92 Å². The van der Waals surface area contributed by atoms with Crippen molar-refractivity contribution in [3.05, 3.63) is 19.2 Å². The van der Waals surface area contributed by atoms with Crippen molar-refractivity contribution in [1.29, 1.82) is 0 Å². The van der Waals surface area contributed by atoms with Gasteiger partial charge in [-0.3, -0.25) is 0 Å². The Kier molecular flexibility index (Phi) is 6.19. The Bertz CT molecular complexity index is 350. The molecule has 0 bridgehead atoms. The van der Waals surface area contributed by atoms with Crippen molar-refractivity contribution >= 4 is 43.2 Å². The fourth-order valence-electron chi connectivity index (χ4n) is 2.79. The lowest BCUT2D eigenvalue weighted by Gasteiger charge is -2.28. The second-order valence-corrected chi connectivity index (χ2v) is 8.53. The summed E-state index contributed by atoms with van der Waals surface area (Å²) in [4.78, 5) is 1.41. The highest BCUT2D eigenvalue weighted by atomic mass is 79.9. The average Bonchev–Trinajstić information content (AvgIpc) is 2.68. The van der Waals surface area contributed by atoms with Gasteiger partial charge in [0, 0.05) is 21.9 Å². The summed E-state index contributed by atoms with van der Waals surface area (Å²) in [5.74, 6) is 0.998. The summed E-state index contributed by atoms with van der Waals surface area (Å²) in [5.41, 5.74) is 0. The molecule has 0 spiro atoms. The monoisotopic (exact) mass is 393 g/mol. The van der Waals surface area contributed by atoms with Crippen LogP contribution in [-0.4, -0.2) is 6.04 Å². The zero-order valence-corrected chi connectivity index (χ0v) is 14.8. The van der Waals surface area contributed by atoms with Gasteiger partial charge in [0.05, 0.1) is 3.79 Å². The van der Waals surface area contributed by atoms with Gasteiger partial charge in [0.25, 0.3) is 0 Å². The van der Waals surface area contributed by atoms with Gasteiger partial charge in [-0.25, -0.2) is 0 Å². The summed E-state index contributed by atoms with van der Waals surface area (Å²) < 4.78 is 2.38. The Labute approximate surface area is 131 Å². The Morgan fingerprint density at radius 1 is 1.28 bits per heavy atom. The van der Waals surface area contributed by atoms with E-state index >= 15 is 0 Å². The van der Waals surface area contributed by atoms with Crippen LogP contribution in [0.5, 0.6) is 0 Å². The molecule has 1 aromatic heterocycles. The van der Waals surface area contributed by atoms with Crippen LogP contribution in [-0.2, 0) is 6.54 Å². The largest absolute Gasteiger partial charge is 0.309 e. The third kappa shape index (κ3) is 4.32. The molecular weight excluding hydrogens is 374 g/mol. The van der Waals surface area contributed by atoms with E-state index in [1.165, 1.54) is 51.7 Å². The lowest BCUT2D eigenvalue weighted by atomic mass is 9.83. The van der Waals surface area contributed by atoms with Gasteiger partial charge < -0.3 is 5.32 Å². The summed E-state index contributed by atoms with van der Waals surface area (Å²) in [5, 5.41) is 3.71. The average molecular weight is 395 g/mol. The smallest absolute Gasteiger partial charge is 0.0843 e. The van der Waals surface area contributed by atoms with Crippen LogP contribution in [0.15, 0.2) is 14.3 Å². The van der Waals surface area contributed by atoms with E-state index in [4.69, 9.17) is 0 Å². The third-order valence-corrected chi connectivity index (χ3v) is 7.06. The summed E-state index contributed by atoms with van der Waals surface area (Å²) >= 11 is 8.91. The number of nitrogens with one attached hydrogen (secondary N) is 1. The Hall–Kier alpha value is 0.620. The van der Waals surface area contributed by atoms with Crippen LogP contribution >= 0.6 is 43.2 Å². The van der Waals surface area contributed by atoms with Gasteiger partial charge in [-0.15, -0.1) is 11.3 Å². The minimum absolute atomic E-state index is 0.734. The highest BCUT2D eigenvalue weighted by Gasteiger charge is 2.20. The maximum absolute atomic E-state index is 3.71. The van der Waals surface area contributed by atoms with Crippen molar-refractivity contribution in [2.75, 3.05) is 0 Å². The second-order valence-electron chi connectivity index (χ2n) is 5.22. The topological polar surface area (TPSA) is 12.0 Å².